The van der Waals surface area contributed by atoms with E-state index in [9.17, 15) is 4.79 Å². The highest BCUT2D eigenvalue weighted by Crippen LogP contribution is 2.31. The number of aryl methyl sites for hydroxylation is 1. The molecule has 2 aromatic carbocycles. The lowest BCUT2D eigenvalue weighted by atomic mass is 10.2. The van der Waals surface area contributed by atoms with Gasteiger partial charge >= 0.3 is 0 Å². The fraction of sp³-hybridized carbons (Fsp3) is 0.364. The van der Waals surface area contributed by atoms with E-state index in [4.69, 9.17) is 4.98 Å². The van der Waals surface area contributed by atoms with Crippen LogP contribution in [-0.2, 0) is 4.79 Å². The lowest BCUT2D eigenvalue weighted by Gasteiger charge is -2.24. The predicted molar refractivity (Wildman–Crippen MR) is 122 cm³/mol. The largest absolute Gasteiger partial charge is 0.302 e. The molecule has 0 saturated carbocycles. The third kappa shape index (κ3) is 5.13. The number of thiazole rings is 1. The molecule has 1 aromatic heterocycles. The number of carbonyl (C=O) groups is 1. The van der Waals surface area contributed by atoms with Gasteiger partial charge in [-0.15, -0.1) is 11.8 Å². The molecule has 3 rings (SSSR count). The van der Waals surface area contributed by atoms with Gasteiger partial charge in [0, 0.05) is 18.0 Å². The van der Waals surface area contributed by atoms with Crippen molar-refractivity contribution in [3.63, 3.8) is 0 Å². The lowest BCUT2D eigenvalue weighted by Crippen LogP contribution is -2.39. The molecule has 0 radical (unpaired) electrons. The Kier molecular flexibility index (Phi) is 7.48. The standard InChI is InChI=1S/C22H27N3OS2/c1-4-24(5-2)14-15-25(20(26)16-27-18-11-7-6-8-12-18)22-23-21-17(3)10-9-13-19(21)28-22/h6-13H,4-5,14-16H2,1-3H3. The summed E-state index contributed by atoms with van der Waals surface area (Å²) in [6.45, 7) is 9.86. The summed E-state index contributed by atoms with van der Waals surface area (Å²) in [6, 6.07) is 16.3. The van der Waals surface area contributed by atoms with Crippen LogP contribution in [-0.4, -0.2) is 47.7 Å². The molecule has 3 aromatic rings. The van der Waals surface area contributed by atoms with E-state index in [1.165, 1.54) is 0 Å². The van der Waals surface area contributed by atoms with Crippen molar-refractivity contribution in [2.45, 2.75) is 25.7 Å². The summed E-state index contributed by atoms with van der Waals surface area (Å²) in [6.07, 6.45) is 0. The Morgan fingerprint density at radius 3 is 2.46 bits per heavy atom. The number of hydrogen-bond donors (Lipinski definition) is 0. The molecule has 148 valence electrons. The van der Waals surface area contributed by atoms with Gasteiger partial charge in [0.15, 0.2) is 5.13 Å². The van der Waals surface area contributed by atoms with E-state index in [2.05, 4.69) is 37.8 Å². The minimum absolute atomic E-state index is 0.109. The van der Waals surface area contributed by atoms with Crippen molar-refractivity contribution < 1.29 is 4.79 Å². The molecule has 0 bridgehead atoms. The van der Waals surface area contributed by atoms with E-state index in [1.54, 1.807) is 23.1 Å². The van der Waals surface area contributed by atoms with Gasteiger partial charge in [0.05, 0.1) is 16.0 Å². The molecule has 0 unspecified atom stereocenters. The Labute approximate surface area is 175 Å². The highest BCUT2D eigenvalue weighted by Gasteiger charge is 2.21. The highest BCUT2D eigenvalue weighted by atomic mass is 32.2. The fourth-order valence-corrected chi connectivity index (χ4v) is 4.92. The van der Waals surface area contributed by atoms with E-state index in [-0.39, 0.29) is 5.91 Å². The molecule has 28 heavy (non-hydrogen) atoms. The van der Waals surface area contributed by atoms with Gasteiger partial charge in [-0.05, 0) is 43.8 Å². The van der Waals surface area contributed by atoms with Crippen LogP contribution in [0.15, 0.2) is 53.4 Å². The van der Waals surface area contributed by atoms with E-state index in [1.807, 2.05) is 41.3 Å². The second-order valence-corrected chi connectivity index (χ2v) is 8.65. The Hall–Kier alpha value is -1.89. The Balaban J connectivity index is 1.80. The maximum absolute atomic E-state index is 13.1. The van der Waals surface area contributed by atoms with Gasteiger partial charge in [0.1, 0.15) is 0 Å². The van der Waals surface area contributed by atoms with Crippen molar-refractivity contribution in [2.75, 3.05) is 36.8 Å². The summed E-state index contributed by atoms with van der Waals surface area (Å²) in [5, 5.41) is 0.801. The quantitative estimate of drug-likeness (QED) is 0.459. The molecule has 0 aliphatic heterocycles. The van der Waals surface area contributed by atoms with Crippen LogP contribution in [0.1, 0.15) is 19.4 Å². The number of anilines is 1. The molecule has 0 saturated heterocycles. The summed E-state index contributed by atoms with van der Waals surface area (Å²) in [5.74, 6) is 0.523. The zero-order valence-electron chi connectivity index (χ0n) is 16.7. The average molecular weight is 414 g/mol. The maximum atomic E-state index is 13.1. The number of nitrogens with zero attached hydrogens (tertiary/aromatic N) is 3. The molecule has 0 N–H and O–H groups in total. The summed E-state index contributed by atoms with van der Waals surface area (Å²) >= 11 is 3.18. The van der Waals surface area contributed by atoms with Gasteiger partial charge in [-0.1, -0.05) is 55.5 Å². The molecule has 4 nitrogen and oxygen atoms in total. The fourth-order valence-electron chi connectivity index (χ4n) is 3.04. The lowest BCUT2D eigenvalue weighted by molar-refractivity contribution is -0.116. The number of benzene rings is 2. The second kappa shape index (κ2) is 10.0. The zero-order chi connectivity index (χ0) is 19.9. The van der Waals surface area contributed by atoms with Gasteiger partial charge in [-0.2, -0.15) is 0 Å². The molecule has 0 spiro atoms. The first-order valence-corrected chi connectivity index (χ1v) is 11.5. The van der Waals surface area contributed by atoms with Crippen LogP contribution in [0.3, 0.4) is 0 Å². The number of likely N-dealkylation sites (N-methyl/N-ethyl adjacent to an activating group) is 1. The highest BCUT2D eigenvalue weighted by molar-refractivity contribution is 8.00. The molecule has 1 amide bonds. The first kappa shape index (κ1) is 20.8. The number of aromatic nitrogens is 1. The SMILES string of the molecule is CCN(CC)CCN(C(=O)CSc1ccccc1)c1nc2c(C)cccc2s1. The van der Waals surface area contributed by atoms with Crippen LogP contribution in [0.4, 0.5) is 5.13 Å². The number of amides is 1. The Morgan fingerprint density at radius 1 is 1.04 bits per heavy atom. The van der Waals surface area contributed by atoms with Gasteiger partial charge in [0.25, 0.3) is 0 Å². The van der Waals surface area contributed by atoms with Crippen LogP contribution >= 0.6 is 23.1 Å². The molecular formula is C22H27N3OS2. The van der Waals surface area contributed by atoms with Crippen molar-refractivity contribution in [3.05, 3.63) is 54.1 Å². The van der Waals surface area contributed by atoms with Gasteiger partial charge in [-0.3, -0.25) is 9.69 Å². The number of fused-ring (bicyclic) bond motifs is 1. The summed E-state index contributed by atoms with van der Waals surface area (Å²) in [4.78, 5) is 23.3. The molecule has 0 atom stereocenters. The van der Waals surface area contributed by atoms with Gasteiger partial charge in [0.2, 0.25) is 5.91 Å². The number of thioether (sulfide) groups is 1. The van der Waals surface area contributed by atoms with E-state index in [0.717, 1.165) is 45.4 Å². The zero-order valence-corrected chi connectivity index (χ0v) is 18.4. The molecular weight excluding hydrogens is 386 g/mol. The topological polar surface area (TPSA) is 36.4 Å². The van der Waals surface area contributed by atoms with Crippen LogP contribution in [0.2, 0.25) is 0 Å². The van der Waals surface area contributed by atoms with Crippen LogP contribution in [0.25, 0.3) is 10.2 Å². The monoisotopic (exact) mass is 413 g/mol. The molecule has 0 fully saturated rings. The number of carbonyl (C=O) groups excluding carboxylic acids is 1. The first-order valence-electron chi connectivity index (χ1n) is 9.69. The van der Waals surface area contributed by atoms with E-state index >= 15 is 0 Å². The van der Waals surface area contributed by atoms with Crippen molar-refractivity contribution in [1.82, 2.24) is 9.88 Å². The van der Waals surface area contributed by atoms with Crippen molar-refractivity contribution in [3.8, 4) is 0 Å². The third-order valence-electron chi connectivity index (χ3n) is 4.78. The van der Waals surface area contributed by atoms with Gasteiger partial charge in [-0.25, -0.2) is 4.98 Å². The Morgan fingerprint density at radius 2 is 1.79 bits per heavy atom. The van der Waals surface area contributed by atoms with E-state index < -0.39 is 0 Å². The predicted octanol–water partition coefficient (Wildman–Crippen LogP) is 5.07. The van der Waals surface area contributed by atoms with E-state index in [0.29, 0.717) is 12.3 Å². The van der Waals surface area contributed by atoms with Gasteiger partial charge < -0.3 is 4.90 Å². The second-order valence-electron chi connectivity index (χ2n) is 6.59. The normalized spacial score (nSPS) is 11.3. The Bertz CT molecular complexity index is 907. The maximum Gasteiger partial charge on any atom is 0.239 e. The molecule has 1 heterocycles. The summed E-state index contributed by atoms with van der Waals surface area (Å²) in [5.41, 5.74) is 2.15. The first-order chi connectivity index (χ1) is 13.6. The number of rotatable bonds is 9. The summed E-state index contributed by atoms with van der Waals surface area (Å²) in [7, 11) is 0. The average Bonchev–Trinajstić information content (AvgIpc) is 3.15. The summed E-state index contributed by atoms with van der Waals surface area (Å²) < 4.78 is 1.13. The minimum atomic E-state index is 0.109. The molecule has 0 aliphatic carbocycles. The van der Waals surface area contributed by atoms with Crippen molar-refractivity contribution in [2.24, 2.45) is 0 Å². The van der Waals surface area contributed by atoms with Crippen LogP contribution in [0, 0.1) is 6.92 Å². The molecule has 6 heteroatoms. The number of hydrogen-bond acceptors (Lipinski definition) is 5. The van der Waals surface area contributed by atoms with Crippen molar-refractivity contribution in [1.29, 1.82) is 0 Å². The third-order valence-corrected chi connectivity index (χ3v) is 6.82. The van der Waals surface area contributed by atoms with Crippen LogP contribution < -0.4 is 4.90 Å². The minimum Gasteiger partial charge on any atom is -0.302 e. The van der Waals surface area contributed by atoms with Crippen molar-refractivity contribution >= 4 is 44.4 Å². The smallest absolute Gasteiger partial charge is 0.239 e. The van der Waals surface area contributed by atoms with Crippen LogP contribution in [0.5, 0.6) is 0 Å². The number of para-hydroxylation sites is 1. The molecule has 0 aliphatic rings.